The van der Waals surface area contributed by atoms with E-state index >= 15 is 0 Å². The first kappa shape index (κ1) is 15.8. The van der Waals surface area contributed by atoms with Gasteiger partial charge in [0.1, 0.15) is 0 Å². The summed E-state index contributed by atoms with van der Waals surface area (Å²) in [5.74, 6) is 0. The zero-order chi connectivity index (χ0) is 15.8. The van der Waals surface area contributed by atoms with Crippen molar-refractivity contribution in [1.82, 2.24) is 0 Å². The first-order valence-corrected chi connectivity index (χ1v) is 7.80. The van der Waals surface area contributed by atoms with E-state index in [0.717, 1.165) is 11.4 Å². The van der Waals surface area contributed by atoms with E-state index < -0.39 is 0 Å². The third-order valence-electron chi connectivity index (χ3n) is 3.33. The summed E-state index contributed by atoms with van der Waals surface area (Å²) in [6.45, 7) is 6.10. The summed E-state index contributed by atoms with van der Waals surface area (Å²) in [6.07, 6.45) is 0. The third kappa shape index (κ3) is 4.23. The molecule has 0 aliphatic rings. The molecule has 1 N–H and O–H groups in total. The number of hydrogen-bond donors (Lipinski definition) is 1. The van der Waals surface area contributed by atoms with Crippen LogP contribution in [0.5, 0.6) is 0 Å². The van der Waals surface area contributed by atoms with Gasteiger partial charge >= 0.3 is 0 Å². The molecule has 3 aromatic rings. The predicted octanol–water partition coefficient (Wildman–Crippen LogP) is 6.43. The van der Waals surface area contributed by atoms with Gasteiger partial charge in [-0.2, -0.15) is 0 Å². The summed E-state index contributed by atoms with van der Waals surface area (Å²) in [7, 11) is 0. The normalized spacial score (nSPS) is 9.59. The average Bonchev–Trinajstić information content (AvgIpc) is 2.60. The maximum absolute atomic E-state index is 3.41. The Bertz CT molecular complexity index is 667. The monoisotopic (exact) mass is 289 g/mol. The molecule has 1 heteroatoms. The van der Waals surface area contributed by atoms with Crippen LogP contribution in [-0.4, -0.2) is 0 Å². The number of hydrogen-bond acceptors (Lipinski definition) is 1. The Labute approximate surface area is 133 Å². The molecular weight excluding hydrogens is 266 g/mol. The van der Waals surface area contributed by atoms with E-state index in [-0.39, 0.29) is 0 Å². The molecule has 22 heavy (non-hydrogen) atoms. The fourth-order valence-corrected chi connectivity index (χ4v) is 2.18. The molecule has 0 bridgehead atoms. The van der Waals surface area contributed by atoms with Crippen molar-refractivity contribution in [1.29, 1.82) is 0 Å². The van der Waals surface area contributed by atoms with Crippen LogP contribution in [0.15, 0.2) is 78.9 Å². The summed E-state index contributed by atoms with van der Waals surface area (Å²) in [5.41, 5.74) is 5.97. The van der Waals surface area contributed by atoms with E-state index in [0.29, 0.717) is 0 Å². The van der Waals surface area contributed by atoms with Gasteiger partial charge in [0.05, 0.1) is 0 Å². The molecule has 0 aromatic heterocycles. The Hall–Kier alpha value is -2.54. The van der Waals surface area contributed by atoms with Crippen LogP contribution in [0.3, 0.4) is 0 Å². The lowest BCUT2D eigenvalue weighted by molar-refractivity contribution is 1.45. The lowest BCUT2D eigenvalue weighted by atomic mass is 10.1. The molecule has 0 unspecified atom stereocenters. The van der Waals surface area contributed by atoms with Gasteiger partial charge in [0, 0.05) is 11.4 Å². The molecule has 0 saturated heterocycles. The second-order valence-corrected chi connectivity index (χ2v) is 4.93. The van der Waals surface area contributed by atoms with Gasteiger partial charge in [0.2, 0.25) is 0 Å². The van der Waals surface area contributed by atoms with Gasteiger partial charge in [0.25, 0.3) is 0 Å². The molecule has 0 atom stereocenters. The van der Waals surface area contributed by atoms with Crippen LogP contribution in [0, 0.1) is 6.92 Å². The Kier molecular flexibility index (Phi) is 5.79. The van der Waals surface area contributed by atoms with Gasteiger partial charge < -0.3 is 5.32 Å². The van der Waals surface area contributed by atoms with E-state index in [2.05, 4.69) is 85.0 Å². The molecule has 0 amide bonds. The van der Waals surface area contributed by atoms with E-state index in [1.807, 2.05) is 19.9 Å². The maximum Gasteiger partial charge on any atom is 0.0384 e. The van der Waals surface area contributed by atoms with Crippen molar-refractivity contribution in [3.63, 3.8) is 0 Å². The second-order valence-electron chi connectivity index (χ2n) is 4.93. The molecule has 0 aliphatic heterocycles. The molecule has 3 rings (SSSR count). The molecular formula is C21H23N. The summed E-state index contributed by atoms with van der Waals surface area (Å²) in [4.78, 5) is 0. The smallest absolute Gasteiger partial charge is 0.0384 e. The highest BCUT2D eigenvalue weighted by Gasteiger charge is 1.98. The Morgan fingerprint density at radius 3 is 1.55 bits per heavy atom. The topological polar surface area (TPSA) is 12.0 Å². The fourth-order valence-electron chi connectivity index (χ4n) is 2.18. The second kappa shape index (κ2) is 8.04. The molecule has 0 radical (unpaired) electrons. The molecule has 0 spiro atoms. The lowest BCUT2D eigenvalue weighted by Gasteiger charge is -2.08. The van der Waals surface area contributed by atoms with E-state index in [1.54, 1.807) is 0 Å². The van der Waals surface area contributed by atoms with Gasteiger partial charge in [-0.15, -0.1) is 0 Å². The van der Waals surface area contributed by atoms with Gasteiger partial charge in [-0.3, -0.25) is 0 Å². The number of rotatable bonds is 3. The predicted molar refractivity (Wildman–Crippen MR) is 97.7 cm³/mol. The number of benzene rings is 3. The van der Waals surface area contributed by atoms with Crippen molar-refractivity contribution in [3.05, 3.63) is 84.4 Å². The molecule has 0 saturated carbocycles. The summed E-state index contributed by atoms with van der Waals surface area (Å²) in [6, 6.07) is 27.4. The van der Waals surface area contributed by atoms with Crippen LogP contribution in [0.25, 0.3) is 11.1 Å². The number of anilines is 2. The zero-order valence-electron chi connectivity index (χ0n) is 13.5. The third-order valence-corrected chi connectivity index (χ3v) is 3.33. The van der Waals surface area contributed by atoms with Gasteiger partial charge in [-0.1, -0.05) is 74.0 Å². The molecule has 0 heterocycles. The standard InChI is InChI=1S/C19H17N.C2H6/c1-15-7-11-18(12-8-15)20-19-13-9-17(10-14-19)16-5-3-2-4-6-16;1-2/h2-14,20H,1H3;1-2H3. The number of aryl methyl sites for hydroxylation is 1. The van der Waals surface area contributed by atoms with Gasteiger partial charge in [-0.05, 0) is 42.3 Å². The minimum atomic E-state index is 1.11. The van der Waals surface area contributed by atoms with Crippen LogP contribution in [0.1, 0.15) is 19.4 Å². The highest BCUT2D eigenvalue weighted by molar-refractivity contribution is 5.68. The van der Waals surface area contributed by atoms with Crippen molar-refractivity contribution >= 4 is 11.4 Å². The highest BCUT2D eigenvalue weighted by atomic mass is 14.9. The molecule has 0 fully saturated rings. The first-order valence-electron chi connectivity index (χ1n) is 7.80. The van der Waals surface area contributed by atoms with Gasteiger partial charge in [-0.25, -0.2) is 0 Å². The summed E-state index contributed by atoms with van der Waals surface area (Å²) < 4.78 is 0. The van der Waals surface area contributed by atoms with Crippen LogP contribution in [-0.2, 0) is 0 Å². The summed E-state index contributed by atoms with van der Waals surface area (Å²) >= 11 is 0. The summed E-state index contributed by atoms with van der Waals surface area (Å²) in [5, 5.41) is 3.41. The van der Waals surface area contributed by atoms with Crippen molar-refractivity contribution in [2.24, 2.45) is 0 Å². The first-order chi connectivity index (χ1) is 10.8. The Morgan fingerprint density at radius 1 is 0.545 bits per heavy atom. The number of nitrogens with one attached hydrogen (secondary N) is 1. The van der Waals surface area contributed by atoms with Crippen molar-refractivity contribution in [2.45, 2.75) is 20.8 Å². The average molecular weight is 289 g/mol. The maximum atomic E-state index is 3.41. The van der Waals surface area contributed by atoms with Crippen LogP contribution >= 0.6 is 0 Å². The van der Waals surface area contributed by atoms with Crippen LogP contribution in [0.2, 0.25) is 0 Å². The quantitative estimate of drug-likeness (QED) is 0.585. The van der Waals surface area contributed by atoms with E-state index in [9.17, 15) is 0 Å². The minimum Gasteiger partial charge on any atom is -0.356 e. The Morgan fingerprint density at radius 2 is 1.00 bits per heavy atom. The van der Waals surface area contributed by atoms with Crippen molar-refractivity contribution < 1.29 is 0 Å². The molecule has 1 nitrogen and oxygen atoms in total. The largest absolute Gasteiger partial charge is 0.356 e. The van der Waals surface area contributed by atoms with Gasteiger partial charge in [0.15, 0.2) is 0 Å². The van der Waals surface area contributed by atoms with Crippen LogP contribution in [0.4, 0.5) is 11.4 Å². The highest BCUT2D eigenvalue weighted by Crippen LogP contribution is 2.23. The zero-order valence-corrected chi connectivity index (χ0v) is 13.5. The van der Waals surface area contributed by atoms with Crippen molar-refractivity contribution in [2.75, 3.05) is 5.32 Å². The molecule has 3 aromatic carbocycles. The molecule has 112 valence electrons. The minimum absolute atomic E-state index is 1.11. The fraction of sp³-hybridized carbons (Fsp3) is 0.143. The molecule has 0 aliphatic carbocycles. The van der Waals surface area contributed by atoms with E-state index in [1.165, 1.54) is 16.7 Å². The Balaban J connectivity index is 0.000000847. The lowest BCUT2D eigenvalue weighted by Crippen LogP contribution is -1.89. The van der Waals surface area contributed by atoms with E-state index in [4.69, 9.17) is 0 Å². The SMILES string of the molecule is CC.Cc1ccc(Nc2ccc(-c3ccccc3)cc2)cc1. The van der Waals surface area contributed by atoms with Crippen LogP contribution < -0.4 is 5.32 Å². The van der Waals surface area contributed by atoms with Crippen molar-refractivity contribution in [3.8, 4) is 11.1 Å².